The number of nitrogens with one attached hydrogen (secondary N) is 1. The van der Waals surface area contributed by atoms with Crippen LogP contribution >= 0.6 is 24.0 Å². The van der Waals surface area contributed by atoms with Gasteiger partial charge in [-0.2, -0.15) is 0 Å². The molecule has 2 aromatic heterocycles. The molecule has 0 spiro atoms. The Morgan fingerprint density at radius 2 is 2.00 bits per heavy atom. The number of aromatic nitrogens is 2. The van der Waals surface area contributed by atoms with Crippen molar-refractivity contribution in [1.82, 2.24) is 19.8 Å². The van der Waals surface area contributed by atoms with Crippen molar-refractivity contribution in [2.45, 2.75) is 37.5 Å². The van der Waals surface area contributed by atoms with Gasteiger partial charge in [0.2, 0.25) is 6.41 Å². The summed E-state index contributed by atoms with van der Waals surface area (Å²) < 4.78 is 5.44. The molecule has 0 saturated heterocycles. The summed E-state index contributed by atoms with van der Waals surface area (Å²) in [5, 5.41) is 4.53. The molecule has 1 aromatic carbocycles. The number of nitrogen functional groups attached to an aromatic ring is 1. The molecule has 0 bridgehead atoms. The molecular weight excluding hydrogens is 468 g/mol. The van der Waals surface area contributed by atoms with Gasteiger partial charge in [0.25, 0.3) is 0 Å². The molecule has 0 radical (unpaired) electrons. The number of benzene rings is 1. The molecule has 1 aliphatic carbocycles. The van der Waals surface area contributed by atoms with Crippen LogP contribution in [0.2, 0.25) is 0 Å². The third-order valence-electron chi connectivity index (χ3n) is 5.74. The first-order valence-electron chi connectivity index (χ1n) is 11.4. The molecule has 184 valence electrons. The van der Waals surface area contributed by atoms with Crippen molar-refractivity contribution < 1.29 is 9.53 Å². The molecule has 0 atom stereocenters. The van der Waals surface area contributed by atoms with Gasteiger partial charge in [0.15, 0.2) is 0 Å². The van der Waals surface area contributed by atoms with Gasteiger partial charge in [-0.3, -0.25) is 4.79 Å². The molecule has 2 heterocycles. The van der Waals surface area contributed by atoms with Crippen molar-refractivity contribution in [1.29, 1.82) is 0 Å². The molecule has 0 unspecified atom stereocenters. The minimum Gasteiger partial charge on any atom is -0.494 e. The highest BCUT2D eigenvalue weighted by atomic mass is 32.1. The molecule has 0 saturated carbocycles. The van der Waals surface area contributed by atoms with Crippen LogP contribution in [0.15, 0.2) is 23.4 Å². The fourth-order valence-corrected chi connectivity index (χ4v) is 5.20. The van der Waals surface area contributed by atoms with E-state index in [0.717, 1.165) is 60.6 Å². The normalized spacial score (nSPS) is 12.6. The van der Waals surface area contributed by atoms with Gasteiger partial charge in [0, 0.05) is 41.2 Å². The van der Waals surface area contributed by atoms with Crippen molar-refractivity contribution >= 4 is 57.8 Å². The van der Waals surface area contributed by atoms with Gasteiger partial charge >= 0.3 is 0 Å². The van der Waals surface area contributed by atoms with E-state index in [4.69, 9.17) is 10.5 Å². The standard InChI is InChI=1S/C17H18N4OS2.C7H16N2O/c1-22-12-6-10(18)13(23)7-11(12)21-16-15-9-4-2-3-5-14(9)24-17(15)20-8-19-16;1-4-9(7-10)6-5-8(2)3/h6-8,23H,2-5,18H2,1H3,(H,19,20,21);7H,4-6H2,1-3H3. The smallest absolute Gasteiger partial charge is 0.209 e. The third-order valence-corrected chi connectivity index (χ3v) is 7.33. The van der Waals surface area contributed by atoms with E-state index in [1.807, 2.05) is 27.1 Å². The predicted molar refractivity (Wildman–Crippen MR) is 144 cm³/mol. The fourth-order valence-electron chi connectivity index (χ4n) is 3.78. The molecule has 8 nitrogen and oxygen atoms in total. The summed E-state index contributed by atoms with van der Waals surface area (Å²) in [6.45, 7) is 4.54. The van der Waals surface area contributed by atoms with Gasteiger partial charge in [0.05, 0.1) is 18.2 Å². The maximum absolute atomic E-state index is 10.3. The minimum absolute atomic E-state index is 0.585. The number of amides is 1. The average molecular weight is 503 g/mol. The molecule has 10 heteroatoms. The minimum atomic E-state index is 0.585. The van der Waals surface area contributed by atoms with E-state index < -0.39 is 0 Å². The lowest BCUT2D eigenvalue weighted by Crippen LogP contribution is -2.30. The fraction of sp³-hybridized carbons (Fsp3) is 0.458. The number of thiol groups is 1. The van der Waals surface area contributed by atoms with E-state index in [1.54, 1.807) is 35.7 Å². The molecule has 0 fully saturated rings. The zero-order valence-electron chi connectivity index (χ0n) is 20.3. The number of rotatable bonds is 8. The second kappa shape index (κ2) is 12.2. The van der Waals surface area contributed by atoms with Crippen LogP contribution in [0.3, 0.4) is 0 Å². The molecule has 3 N–H and O–H groups in total. The van der Waals surface area contributed by atoms with Crippen molar-refractivity contribution in [2.24, 2.45) is 0 Å². The van der Waals surface area contributed by atoms with Crippen LogP contribution < -0.4 is 15.8 Å². The number of likely N-dealkylation sites (N-methyl/N-ethyl adjacent to an activating group) is 2. The number of carbonyl (C=O) groups excluding carboxylic acids is 1. The third kappa shape index (κ3) is 6.31. The van der Waals surface area contributed by atoms with Gasteiger partial charge in [-0.05, 0) is 58.3 Å². The largest absolute Gasteiger partial charge is 0.494 e. The van der Waals surface area contributed by atoms with Gasteiger partial charge < -0.3 is 25.6 Å². The highest BCUT2D eigenvalue weighted by molar-refractivity contribution is 7.80. The van der Waals surface area contributed by atoms with Crippen LogP contribution in [0, 0.1) is 0 Å². The monoisotopic (exact) mass is 502 g/mol. The Morgan fingerprint density at radius 1 is 1.24 bits per heavy atom. The van der Waals surface area contributed by atoms with Crippen LogP contribution in [0.1, 0.15) is 30.2 Å². The summed E-state index contributed by atoms with van der Waals surface area (Å²) in [4.78, 5) is 26.2. The topological polar surface area (TPSA) is 96.6 Å². The molecule has 4 rings (SSSR count). The van der Waals surface area contributed by atoms with Crippen molar-refractivity contribution in [3.8, 4) is 5.75 Å². The first-order valence-corrected chi connectivity index (χ1v) is 12.7. The lowest BCUT2D eigenvalue weighted by atomic mass is 9.97. The number of hydrogen-bond acceptors (Lipinski definition) is 9. The SMILES string of the molecule is CCN(C=O)CCN(C)C.COc1cc(N)c(S)cc1Nc1ncnc2sc3c(c12)CCCC3. The zero-order chi connectivity index (χ0) is 24.7. The number of methoxy groups -OCH3 is 1. The van der Waals surface area contributed by atoms with Gasteiger partial charge in [0.1, 0.15) is 22.7 Å². The van der Waals surface area contributed by atoms with Crippen LogP contribution in [-0.4, -0.2) is 67.0 Å². The zero-order valence-corrected chi connectivity index (χ0v) is 22.0. The van der Waals surface area contributed by atoms with E-state index in [1.165, 1.54) is 23.3 Å². The number of ether oxygens (including phenoxy) is 1. The van der Waals surface area contributed by atoms with Crippen LogP contribution in [0.25, 0.3) is 10.2 Å². The van der Waals surface area contributed by atoms with E-state index in [-0.39, 0.29) is 0 Å². The number of nitrogens with zero attached hydrogens (tertiary/aromatic N) is 4. The van der Waals surface area contributed by atoms with Gasteiger partial charge in [-0.1, -0.05) is 0 Å². The Hall–Kier alpha value is -2.56. The number of carbonyl (C=O) groups is 1. The van der Waals surface area contributed by atoms with Gasteiger partial charge in [-0.15, -0.1) is 24.0 Å². The molecule has 34 heavy (non-hydrogen) atoms. The summed E-state index contributed by atoms with van der Waals surface area (Å²) in [7, 11) is 5.62. The summed E-state index contributed by atoms with van der Waals surface area (Å²) in [5.74, 6) is 1.48. The Balaban J connectivity index is 0.000000277. The molecule has 1 amide bonds. The van der Waals surface area contributed by atoms with Crippen molar-refractivity contribution in [2.75, 3.05) is 51.9 Å². The Kier molecular flexibility index (Phi) is 9.37. The number of anilines is 3. The lowest BCUT2D eigenvalue weighted by molar-refractivity contribution is -0.118. The van der Waals surface area contributed by atoms with Crippen LogP contribution in [0.4, 0.5) is 17.2 Å². The van der Waals surface area contributed by atoms with Crippen molar-refractivity contribution in [3.63, 3.8) is 0 Å². The molecule has 0 aliphatic heterocycles. The lowest BCUT2D eigenvalue weighted by Gasteiger charge is -2.17. The van der Waals surface area contributed by atoms with E-state index in [9.17, 15) is 4.79 Å². The van der Waals surface area contributed by atoms with Gasteiger partial charge in [-0.25, -0.2) is 9.97 Å². The number of thiophene rings is 1. The highest BCUT2D eigenvalue weighted by Crippen LogP contribution is 2.40. The maximum Gasteiger partial charge on any atom is 0.209 e. The highest BCUT2D eigenvalue weighted by Gasteiger charge is 2.20. The predicted octanol–water partition coefficient (Wildman–Crippen LogP) is 4.22. The van der Waals surface area contributed by atoms with E-state index >= 15 is 0 Å². The number of aryl methyl sites for hydroxylation is 2. The quantitative estimate of drug-likeness (QED) is 0.241. The van der Waals surface area contributed by atoms with Crippen molar-refractivity contribution in [3.05, 3.63) is 28.9 Å². The molecule has 1 aliphatic rings. The average Bonchev–Trinajstić information content (AvgIpc) is 3.22. The summed E-state index contributed by atoms with van der Waals surface area (Å²) in [6.07, 6.45) is 7.21. The maximum atomic E-state index is 10.3. The Bertz CT molecular complexity index is 1120. The number of hydrogen-bond donors (Lipinski definition) is 3. The summed E-state index contributed by atoms with van der Waals surface area (Å²) in [6, 6.07) is 3.64. The first-order chi connectivity index (χ1) is 16.4. The summed E-state index contributed by atoms with van der Waals surface area (Å²) in [5.41, 5.74) is 8.69. The second-order valence-corrected chi connectivity index (χ2v) is 9.95. The number of nitrogens with two attached hydrogens (primary N) is 1. The molecule has 3 aromatic rings. The van der Waals surface area contributed by atoms with E-state index in [2.05, 4.69) is 32.8 Å². The number of fused-ring (bicyclic) bond motifs is 3. The molecular formula is C24H34N6O2S2. The Morgan fingerprint density at radius 3 is 2.68 bits per heavy atom. The van der Waals surface area contributed by atoms with Crippen LogP contribution in [-0.2, 0) is 17.6 Å². The van der Waals surface area contributed by atoms with Crippen LogP contribution in [0.5, 0.6) is 5.75 Å². The second-order valence-electron chi connectivity index (χ2n) is 8.39. The van der Waals surface area contributed by atoms with E-state index in [0.29, 0.717) is 16.3 Å². The Labute approximate surface area is 210 Å². The summed E-state index contributed by atoms with van der Waals surface area (Å²) >= 11 is 6.19. The first kappa shape index (κ1) is 26.1.